The van der Waals surface area contributed by atoms with Crippen LogP contribution in [0.1, 0.15) is 66.6 Å². The van der Waals surface area contributed by atoms with Crippen molar-refractivity contribution in [1.82, 2.24) is 19.6 Å². The van der Waals surface area contributed by atoms with Gasteiger partial charge in [-0.2, -0.15) is 5.10 Å². The largest absolute Gasteiger partial charge is 0.334 e. The van der Waals surface area contributed by atoms with Crippen LogP contribution in [0.15, 0.2) is 30.3 Å². The number of carbonyl (C=O) groups excluding carboxylic acids is 2. The lowest BCUT2D eigenvalue weighted by molar-refractivity contribution is 0.0675. The standard InChI is InChI=1S/C24H29ClN4O2/c1-23(2)11-17-12-24(3,14-23)15-28(17)21(30)19-10-20-22(31)27(8-9-29(20)26-19)13-16-6-4-5-7-18(16)25/h4-7,10,17H,8-9,11-15H2,1-3H3. The van der Waals surface area contributed by atoms with E-state index in [9.17, 15) is 9.59 Å². The van der Waals surface area contributed by atoms with Crippen LogP contribution >= 0.6 is 11.6 Å². The molecule has 2 unspecified atom stereocenters. The number of benzene rings is 1. The van der Waals surface area contributed by atoms with E-state index in [4.69, 9.17) is 11.6 Å². The molecule has 5 rings (SSSR count). The minimum atomic E-state index is -0.106. The molecule has 1 aromatic heterocycles. The molecule has 1 saturated heterocycles. The first-order valence-corrected chi connectivity index (χ1v) is 11.4. The Labute approximate surface area is 188 Å². The number of likely N-dealkylation sites (tertiary alicyclic amines) is 1. The molecule has 3 aliphatic rings. The van der Waals surface area contributed by atoms with Gasteiger partial charge in [0.25, 0.3) is 11.8 Å². The van der Waals surface area contributed by atoms with Gasteiger partial charge < -0.3 is 9.80 Å². The molecule has 1 saturated carbocycles. The van der Waals surface area contributed by atoms with E-state index in [-0.39, 0.29) is 28.7 Å². The van der Waals surface area contributed by atoms with Gasteiger partial charge in [0.15, 0.2) is 5.69 Å². The van der Waals surface area contributed by atoms with Crippen molar-refractivity contribution in [2.75, 3.05) is 13.1 Å². The molecule has 1 aliphatic carbocycles. The second-order valence-corrected chi connectivity index (χ2v) is 11.0. The Morgan fingerprint density at radius 2 is 1.97 bits per heavy atom. The zero-order chi connectivity index (χ0) is 22.0. The van der Waals surface area contributed by atoms with Crippen LogP contribution in [0.25, 0.3) is 0 Å². The van der Waals surface area contributed by atoms with Crippen molar-refractivity contribution in [3.8, 4) is 0 Å². The molecule has 2 bridgehead atoms. The van der Waals surface area contributed by atoms with E-state index in [1.54, 1.807) is 15.6 Å². The lowest BCUT2D eigenvalue weighted by Gasteiger charge is -2.39. The fraction of sp³-hybridized carbons (Fsp3) is 0.542. The highest BCUT2D eigenvalue weighted by Crippen LogP contribution is 2.52. The summed E-state index contributed by atoms with van der Waals surface area (Å²) >= 11 is 6.28. The predicted octanol–water partition coefficient (Wildman–Crippen LogP) is 4.23. The molecule has 7 heteroatoms. The summed E-state index contributed by atoms with van der Waals surface area (Å²) in [5.74, 6) is -0.148. The number of aromatic nitrogens is 2. The van der Waals surface area contributed by atoms with E-state index < -0.39 is 0 Å². The molecule has 0 radical (unpaired) electrons. The smallest absolute Gasteiger partial charge is 0.274 e. The minimum absolute atomic E-state index is 0.0428. The minimum Gasteiger partial charge on any atom is -0.334 e. The summed E-state index contributed by atoms with van der Waals surface area (Å²) in [6.45, 7) is 9.24. The van der Waals surface area contributed by atoms with Crippen molar-refractivity contribution >= 4 is 23.4 Å². The second-order valence-electron chi connectivity index (χ2n) is 10.6. The van der Waals surface area contributed by atoms with E-state index >= 15 is 0 Å². The summed E-state index contributed by atoms with van der Waals surface area (Å²) in [7, 11) is 0. The fourth-order valence-electron chi connectivity index (χ4n) is 6.17. The quantitative estimate of drug-likeness (QED) is 0.717. The number of carbonyl (C=O) groups is 2. The van der Waals surface area contributed by atoms with Gasteiger partial charge in [-0.05, 0) is 41.7 Å². The molecule has 2 amide bonds. The third-order valence-electron chi connectivity index (χ3n) is 7.08. The highest BCUT2D eigenvalue weighted by molar-refractivity contribution is 6.31. The molecule has 2 aliphatic heterocycles. The Bertz CT molecular complexity index is 1060. The zero-order valence-electron chi connectivity index (χ0n) is 18.4. The molecule has 2 fully saturated rings. The third-order valence-corrected chi connectivity index (χ3v) is 7.45. The number of hydrogen-bond donors (Lipinski definition) is 0. The Balaban J connectivity index is 1.36. The molecule has 0 spiro atoms. The normalized spacial score (nSPS) is 26.8. The van der Waals surface area contributed by atoms with Crippen LogP contribution < -0.4 is 0 Å². The fourth-order valence-corrected chi connectivity index (χ4v) is 6.37. The molecule has 3 heterocycles. The van der Waals surface area contributed by atoms with Crippen LogP contribution in [0.3, 0.4) is 0 Å². The maximum atomic E-state index is 13.4. The van der Waals surface area contributed by atoms with E-state index in [1.807, 2.05) is 29.2 Å². The molecule has 6 nitrogen and oxygen atoms in total. The number of halogens is 1. The molecule has 1 aromatic carbocycles. The average molecular weight is 441 g/mol. The number of hydrogen-bond acceptors (Lipinski definition) is 3. The molecule has 2 aromatic rings. The summed E-state index contributed by atoms with van der Waals surface area (Å²) in [5.41, 5.74) is 2.20. The van der Waals surface area contributed by atoms with Gasteiger partial charge in [-0.15, -0.1) is 0 Å². The second kappa shape index (κ2) is 7.09. The van der Waals surface area contributed by atoms with Gasteiger partial charge in [-0.3, -0.25) is 14.3 Å². The maximum Gasteiger partial charge on any atom is 0.274 e. The van der Waals surface area contributed by atoms with Gasteiger partial charge in [-0.1, -0.05) is 50.6 Å². The van der Waals surface area contributed by atoms with Gasteiger partial charge >= 0.3 is 0 Å². The highest BCUT2D eigenvalue weighted by Gasteiger charge is 2.51. The average Bonchev–Trinajstić information content (AvgIpc) is 3.23. The van der Waals surface area contributed by atoms with Crippen LogP contribution in [-0.4, -0.2) is 50.5 Å². The summed E-state index contributed by atoms with van der Waals surface area (Å²) in [6.07, 6.45) is 3.21. The van der Waals surface area contributed by atoms with Crippen LogP contribution in [-0.2, 0) is 13.1 Å². The zero-order valence-corrected chi connectivity index (χ0v) is 19.2. The Morgan fingerprint density at radius 3 is 2.74 bits per heavy atom. The molecule has 164 valence electrons. The number of rotatable bonds is 3. The molecule has 2 atom stereocenters. The van der Waals surface area contributed by atoms with Crippen molar-refractivity contribution in [3.05, 3.63) is 52.3 Å². The third kappa shape index (κ3) is 3.65. The summed E-state index contributed by atoms with van der Waals surface area (Å²) < 4.78 is 1.69. The highest BCUT2D eigenvalue weighted by atomic mass is 35.5. The Morgan fingerprint density at radius 1 is 1.19 bits per heavy atom. The van der Waals surface area contributed by atoms with E-state index in [1.165, 1.54) is 0 Å². The van der Waals surface area contributed by atoms with Gasteiger partial charge in [0.2, 0.25) is 0 Å². The first-order chi connectivity index (χ1) is 14.6. The molecular weight excluding hydrogens is 412 g/mol. The molecular formula is C24H29ClN4O2. The maximum absolute atomic E-state index is 13.4. The predicted molar refractivity (Wildman–Crippen MR) is 119 cm³/mol. The van der Waals surface area contributed by atoms with Gasteiger partial charge in [-0.25, -0.2) is 0 Å². The molecule has 0 N–H and O–H groups in total. The first kappa shape index (κ1) is 20.6. The lowest BCUT2D eigenvalue weighted by atomic mass is 9.65. The van der Waals surface area contributed by atoms with Gasteiger partial charge in [0, 0.05) is 36.8 Å². The van der Waals surface area contributed by atoms with Crippen molar-refractivity contribution in [2.45, 2.75) is 59.2 Å². The number of nitrogens with zero attached hydrogens (tertiary/aromatic N) is 4. The van der Waals surface area contributed by atoms with Crippen molar-refractivity contribution in [1.29, 1.82) is 0 Å². The van der Waals surface area contributed by atoms with Gasteiger partial charge in [0.05, 0.1) is 6.54 Å². The topological polar surface area (TPSA) is 58.4 Å². The number of fused-ring (bicyclic) bond motifs is 3. The van der Waals surface area contributed by atoms with Crippen LogP contribution in [0.4, 0.5) is 0 Å². The first-order valence-electron chi connectivity index (χ1n) is 11.1. The molecule has 31 heavy (non-hydrogen) atoms. The summed E-state index contributed by atoms with van der Waals surface area (Å²) in [4.78, 5) is 30.3. The van der Waals surface area contributed by atoms with E-state index in [2.05, 4.69) is 25.9 Å². The van der Waals surface area contributed by atoms with E-state index in [0.29, 0.717) is 36.0 Å². The Hall–Kier alpha value is -2.34. The Kier molecular flexibility index (Phi) is 4.70. The summed E-state index contributed by atoms with van der Waals surface area (Å²) in [6, 6.07) is 9.51. The van der Waals surface area contributed by atoms with Crippen LogP contribution in [0.5, 0.6) is 0 Å². The van der Waals surface area contributed by atoms with Crippen molar-refractivity contribution < 1.29 is 9.59 Å². The van der Waals surface area contributed by atoms with Crippen LogP contribution in [0, 0.1) is 10.8 Å². The monoisotopic (exact) mass is 440 g/mol. The lowest BCUT2D eigenvalue weighted by Crippen LogP contribution is -2.39. The van der Waals surface area contributed by atoms with Crippen LogP contribution in [0.2, 0.25) is 5.02 Å². The number of amides is 2. The summed E-state index contributed by atoms with van der Waals surface area (Å²) in [5, 5.41) is 5.18. The van der Waals surface area contributed by atoms with E-state index in [0.717, 1.165) is 31.4 Å². The van der Waals surface area contributed by atoms with Gasteiger partial charge in [0.1, 0.15) is 5.69 Å². The van der Waals surface area contributed by atoms with Crippen molar-refractivity contribution in [3.63, 3.8) is 0 Å². The van der Waals surface area contributed by atoms with Crippen molar-refractivity contribution in [2.24, 2.45) is 10.8 Å². The SMILES string of the molecule is CC1(C)CC2CC(C)(CN2C(=O)c2cc3n(n2)CCN(Cc2ccccc2Cl)C3=O)C1.